The summed E-state index contributed by atoms with van der Waals surface area (Å²) in [6, 6.07) is 0. The number of halogens is 4. The molecule has 88 valence electrons. The van der Waals surface area contributed by atoms with Gasteiger partial charge in [0.2, 0.25) is 0 Å². The molecule has 0 saturated carbocycles. The molecule has 1 N–H and O–H groups in total. The Morgan fingerprint density at radius 2 is 2.07 bits per heavy atom. The number of amides is 1. The van der Waals surface area contributed by atoms with Crippen molar-refractivity contribution in [2.45, 2.75) is 31.3 Å². The van der Waals surface area contributed by atoms with Gasteiger partial charge in [0.25, 0.3) is 5.91 Å². The first-order chi connectivity index (χ1) is 6.67. The summed E-state index contributed by atoms with van der Waals surface area (Å²) < 4.78 is 48.9. The topological polar surface area (TPSA) is 40.5 Å². The van der Waals surface area contributed by atoms with E-state index in [4.69, 9.17) is 0 Å². The van der Waals surface area contributed by atoms with Crippen LogP contribution in [0.5, 0.6) is 0 Å². The SMILES string of the molecule is CC1(O)CCN(C(=O)C(F)(F)C(F)F)C1. The Morgan fingerprint density at radius 1 is 1.53 bits per heavy atom. The number of hydrogen-bond acceptors (Lipinski definition) is 2. The van der Waals surface area contributed by atoms with Gasteiger partial charge in [-0.05, 0) is 13.3 Å². The van der Waals surface area contributed by atoms with Crippen LogP contribution < -0.4 is 0 Å². The van der Waals surface area contributed by atoms with E-state index < -0.39 is 23.9 Å². The lowest BCUT2D eigenvalue weighted by Crippen LogP contribution is -2.47. The number of carbonyl (C=O) groups is 1. The highest BCUT2D eigenvalue weighted by Crippen LogP contribution is 2.29. The average molecular weight is 229 g/mol. The van der Waals surface area contributed by atoms with Crippen molar-refractivity contribution in [3.05, 3.63) is 0 Å². The fourth-order valence-corrected chi connectivity index (χ4v) is 1.42. The zero-order chi connectivity index (χ0) is 11.9. The molecule has 0 aromatic rings. The molecule has 0 bridgehead atoms. The number of rotatable bonds is 2. The van der Waals surface area contributed by atoms with Crippen LogP contribution in [0.1, 0.15) is 13.3 Å². The van der Waals surface area contributed by atoms with Crippen molar-refractivity contribution in [3.63, 3.8) is 0 Å². The van der Waals surface area contributed by atoms with Gasteiger partial charge in [-0.3, -0.25) is 4.79 Å². The summed E-state index contributed by atoms with van der Waals surface area (Å²) in [6.07, 6.45) is -3.91. The average Bonchev–Trinajstić information content (AvgIpc) is 2.44. The second-order valence-corrected chi connectivity index (χ2v) is 3.90. The Labute approximate surface area is 83.7 Å². The first-order valence-corrected chi connectivity index (χ1v) is 4.34. The lowest BCUT2D eigenvalue weighted by Gasteiger charge is -2.23. The molecule has 3 nitrogen and oxygen atoms in total. The Hall–Kier alpha value is -0.850. The third kappa shape index (κ3) is 2.39. The Morgan fingerprint density at radius 3 is 2.40 bits per heavy atom. The van der Waals surface area contributed by atoms with Crippen LogP contribution in [-0.2, 0) is 4.79 Å². The molecular weight excluding hydrogens is 218 g/mol. The first-order valence-electron chi connectivity index (χ1n) is 4.34. The van der Waals surface area contributed by atoms with Gasteiger partial charge in [-0.2, -0.15) is 8.78 Å². The zero-order valence-corrected chi connectivity index (χ0v) is 8.01. The van der Waals surface area contributed by atoms with Gasteiger partial charge in [0, 0.05) is 13.1 Å². The summed E-state index contributed by atoms with van der Waals surface area (Å²) in [4.78, 5) is 11.5. The highest BCUT2D eigenvalue weighted by atomic mass is 19.3. The molecular formula is C8H11F4NO2. The number of carbonyl (C=O) groups excluding carboxylic acids is 1. The van der Waals surface area contributed by atoms with Crippen molar-refractivity contribution < 1.29 is 27.5 Å². The monoisotopic (exact) mass is 229 g/mol. The number of nitrogens with zero attached hydrogens (tertiary/aromatic N) is 1. The van der Waals surface area contributed by atoms with Crippen LogP contribution in [0.4, 0.5) is 17.6 Å². The van der Waals surface area contributed by atoms with E-state index in [0.29, 0.717) is 4.90 Å². The minimum absolute atomic E-state index is 0.109. The maximum Gasteiger partial charge on any atom is 0.383 e. The second kappa shape index (κ2) is 3.62. The predicted molar refractivity (Wildman–Crippen MR) is 42.8 cm³/mol. The van der Waals surface area contributed by atoms with Gasteiger partial charge >= 0.3 is 12.3 Å². The predicted octanol–water partition coefficient (Wildman–Crippen LogP) is 0.870. The summed E-state index contributed by atoms with van der Waals surface area (Å²) in [5, 5.41) is 9.39. The molecule has 1 rings (SSSR count). The molecule has 1 saturated heterocycles. The molecule has 1 heterocycles. The van der Waals surface area contributed by atoms with Crippen molar-refractivity contribution in [3.8, 4) is 0 Å². The lowest BCUT2D eigenvalue weighted by atomic mass is 10.1. The highest BCUT2D eigenvalue weighted by Gasteiger charge is 2.53. The molecule has 0 aromatic carbocycles. The number of hydrogen-bond donors (Lipinski definition) is 1. The summed E-state index contributed by atoms with van der Waals surface area (Å²) in [6.45, 7) is 0.892. The Balaban J connectivity index is 2.71. The van der Waals surface area contributed by atoms with Crippen molar-refractivity contribution in [1.82, 2.24) is 4.90 Å². The van der Waals surface area contributed by atoms with Crippen LogP contribution in [0.3, 0.4) is 0 Å². The van der Waals surface area contributed by atoms with E-state index in [1.165, 1.54) is 6.92 Å². The minimum Gasteiger partial charge on any atom is -0.388 e. The van der Waals surface area contributed by atoms with Gasteiger partial charge in [-0.1, -0.05) is 0 Å². The van der Waals surface area contributed by atoms with Crippen molar-refractivity contribution in [1.29, 1.82) is 0 Å². The van der Waals surface area contributed by atoms with E-state index in [2.05, 4.69) is 0 Å². The number of alkyl halides is 4. The molecule has 1 amide bonds. The molecule has 1 aliphatic rings. The third-order valence-corrected chi connectivity index (χ3v) is 2.30. The second-order valence-electron chi connectivity index (χ2n) is 3.90. The number of β-amino-alcohol motifs (C(OH)–C–C–N with tert-alkyl or cyclic N) is 1. The van der Waals surface area contributed by atoms with Crippen LogP contribution in [0.2, 0.25) is 0 Å². The van der Waals surface area contributed by atoms with E-state index >= 15 is 0 Å². The van der Waals surface area contributed by atoms with Gasteiger partial charge < -0.3 is 10.0 Å². The lowest BCUT2D eigenvalue weighted by molar-refractivity contribution is -0.180. The van der Waals surface area contributed by atoms with Gasteiger partial charge in [-0.25, -0.2) is 8.78 Å². The van der Waals surface area contributed by atoms with Crippen molar-refractivity contribution in [2.75, 3.05) is 13.1 Å². The third-order valence-electron chi connectivity index (χ3n) is 2.30. The summed E-state index contributed by atoms with van der Waals surface area (Å²) in [7, 11) is 0. The molecule has 1 atom stereocenters. The van der Waals surface area contributed by atoms with Gasteiger partial charge in [-0.15, -0.1) is 0 Å². The largest absolute Gasteiger partial charge is 0.388 e. The maximum absolute atomic E-state index is 12.6. The maximum atomic E-state index is 12.6. The van der Waals surface area contributed by atoms with Crippen molar-refractivity contribution in [2.24, 2.45) is 0 Å². The number of likely N-dealkylation sites (tertiary alicyclic amines) is 1. The molecule has 1 unspecified atom stereocenters. The molecule has 15 heavy (non-hydrogen) atoms. The normalized spacial score (nSPS) is 27.5. The van der Waals surface area contributed by atoms with Gasteiger partial charge in [0.1, 0.15) is 0 Å². The first kappa shape index (κ1) is 12.2. The summed E-state index contributed by atoms with van der Waals surface area (Å²) in [5.41, 5.74) is -1.27. The van der Waals surface area contributed by atoms with Crippen LogP contribution >= 0.6 is 0 Å². The highest BCUT2D eigenvalue weighted by molar-refractivity contribution is 5.84. The van der Waals surface area contributed by atoms with Gasteiger partial charge in [0.15, 0.2) is 0 Å². The van der Waals surface area contributed by atoms with E-state index in [-0.39, 0.29) is 19.5 Å². The van der Waals surface area contributed by atoms with Crippen LogP contribution in [0.15, 0.2) is 0 Å². The molecule has 0 radical (unpaired) electrons. The summed E-state index contributed by atoms with van der Waals surface area (Å²) in [5.74, 6) is -6.59. The Bertz CT molecular complexity index is 267. The standard InChI is InChI=1S/C8H11F4NO2/c1-7(15)2-3-13(4-7)6(14)8(11,12)5(9)10/h5,15H,2-4H2,1H3. The molecule has 1 aliphatic heterocycles. The fourth-order valence-electron chi connectivity index (χ4n) is 1.42. The van der Waals surface area contributed by atoms with Gasteiger partial charge in [0.05, 0.1) is 5.60 Å². The summed E-state index contributed by atoms with van der Waals surface area (Å²) >= 11 is 0. The molecule has 1 fully saturated rings. The Kier molecular flexibility index (Phi) is 2.95. The van der Waals surface area contributed by atoms with E-state index in [1.54, 1.807) is 0 Å². The fraction of sp³-hybridized carbons (Fsp3) is 0.875. The molecule has 0 aliphatic carbocycles. The van der Waals surface area contributed by atoms with E-state index in [1.807, 2.05) is 0 Å². The minimum atomic E-state index is -4.67. The molecule has 0 spiro atoms. The molecule has 7 heteroatoms. The van der Waals surface area contributed by atoms with Crippen molar-refractivity contribution >= 4 is 5.91 Å². The van der Waals surface area contributed by atoms with Crippen LogP contribution in [-0.4, -0.2) is 47.0 Å². The van der Waals surface area contributed by atoms with E-state index in [0.717, 1.165) is 0 Å². The van der Waals surface area contributed by atoms with Crippen LogP contribution in [0.25, 0.3) is 0 Å². The molecule has 0 aromatic heterocycles. The van der Waals surface area contributed by atoms with Crippen LogP contribution in [0, 0.1) is 0 Å². The zero-order valence-electron chi connectivity index (χ0n) is 8.01. The quantitative estimate of drug-likeness (QED) is 0.714. The number of aliphatic hydroxyl groups is 1. The smallest absolute Gasteiger partial charge is 0.383 e. The van der Waals surface area contributed by atoms with E-state index in [9.17, 15) is 27.5 Å².